The Kier molecular flexibility index (Phi) is 4.29. The standard InChI is InChI=1S/C28H18BrNO/c29-21-12-10-20-17-23(13-11-19(20)16-21)30(22-6-2-1-3-7-22)24-14-15-28-26(18-24)25-8-4-5-9-27(25)31-28/h1-18H. The lowest BCUT2D eigenvalue weighted by molar-refractivity contribution is 0.669. The average Bonchev–Trinajstić information content (AvgIpc) is 3.18. The van der Waals surface area contributed by atoms with Gasteiger partial charge in [0.25, 0.3) is 0 Å². The van der Waals surface area contributed by atoms with Crippen molar-refractivity contribution in [1.29, 1.82) is 0 Å². The number of hydrogen-bond acceptors (Lipinski definition) is 2. The number of halogens is 1. The highest BCUT2D eigenvalue weighted by Gasteiger charge is 2.15. The average molecular weight is 464 g/mol. The van der Waals surface area contributed by atoms with E-state index in [4.69, 9.17) is 4.42 Å². The van der Waals surface area contributed by atoms with Gasteiger partial charge in [-0.1, -0.05) is 64.5 Å². The smallest absolute Gasteiger partial charge is 0.135 e. The second-order valence-corrected chi connectivity index (χ2v) is 8.54. The van der Waals surface area contributed by atoms with Crippen LogP contribution in [0.5, 0.6) is 0 Å². The van der Waals surface area contributed by atoms with Gasteiger partial charge in [-0.2, -0.15) is 0 Å². The Morgan fingerprint density at radius 3 is 2.10 bits per heavy atom. The van der Waals surface area contributed by atoms with E-state index in [-0.39, 0.29) is 0 Å². The molecule has 31 heavy (non-hydrogen) atoms. The molecule has 0 amide bonds. The number of para-hydroxylation sites is 2. The summed E-state index contributed by atoms with van der Waals surface area (Å²) in [6.07, 6.45) is 0. The monoisotopic (exact) mass is 463 g/mol. The number of nitrogens with zero attached hydrogens (tertiary/aromatic N) is 1. The fourth-order valence-corrected chi connectivity index (χ4v) is 4.60. The van der Waals surface area contributed by atoms with Crippen molar-refractivity contribution in [3.63, 3.8) is 0 Å². The summed E-state index contributed by atoms with van der Waals surface area (Å²) in [6, 6.07) is 38.1. The highest BCUT2D eigenvalue weighted by Crippen LogP contribution is 2.39. The first-order valence-electron chi connectivity index (χ1n) is 10.2. The maximum Gasteiger partial charge on any atom is 0.135 e. The van der Waals surface area contributed by atoms with Crippen molar-refractivity contribution < 1.29 is 4.42 Å². The van der Waals surface area contributed by atoms with Crippen LogP contribution in [0.4, 0.5) is 17.1 Å². The summed E-state index contributed by atoms with van der Waals surface area (Å²) in [5.41, 5.74) is 5.15. The summed E-state index contributed by atoms with van der Waals surface area (Å²) in [6.45, 7) is 0. The zero-order chi connectivity index (χ0) is 20.8. The zero-order valence-electron chi connectivity index (χ0n) is 16.6. The molecule has 2 nitrogen and oxygen atoms in total. The van der Waals surface area contributed by atoms with Gasteiger partial charge in [-0.15, -0.1) is 0 Å². The number of rotatable bonds is 3. The van der Waals surface area contributed by atoms with Gasteiger partial charge in [0.2, 0.25) is 0 Å². The third kappa shape index (κ3) is 3.18. The Labute approximate surface area is 188 Å². The first kappa shape index (κ1) is 18.2. The highest BCUT2D eigenvalue weighted by molar-refractivity contribution is 9.10. The summed E-state index contributed by atoms with van der Waals surface area (Å²) < 4.78 is 7.13. The molecule has 3 heteroatoms. The molecule has 0 radical (unpaired) electrons. The molecule has 0 spiro atoms. The molecule has 0 aliphatic rings. The van der Waals surface area contributed by atoms with E-state index in [1.807, 2.05) is 18.2 Å². The molecule has 1 aromatic heterocycles. The predicted octanol–water partition coefficient (Wildman–Crippen LogP) is 8.97. The van der Waals surface area contributed by atoms with E-state index in [1.54, 1.807) is 0 Å². The van der Waals surface area contributed by atoms with E-state index < -0.39 is 0 Å². The van der Waals surface area contributed by atoms with Crippen LogP contribution < -0.4 is 4.90 Å². The predicted molar refractivity (Wildman–Crippen MR) is 134 cm³/mol. The molecular weight excluding hydrogens is 446 g/mol. The molecule has 0 saturated carbocycles. The fourth-order valence-electron chi connectivity index (χ4n) is 4.22. The molecule has 0 unspecified atom stereocenters. The second kappa shape index (κ2) is 7.29. The molecule has 6 aromatic rings. The number of hydrogen-bond donors (Lipinski definition) is 0. The van der Waals surface area contributed by atoms with Crippen molar-refractivity contribution in [3.05, 3.63) is 114 Å². The van der Waals surface area contributed by atoms with E-state index in [9.17, 15) is 0 Å². The Bertz CT molecular complexity index is 1550. The highest BCUT2D eigenvalue weighted by atomic mass is 79.9. The van der Waals surface area contributed by atoms with Gasteiger partial charge < -0.3 is 9.32 Å². The topological polar surface area (TPSA) is 16.4 Å². The molecule has 0 aliphatic heterocycles. The van der Waals surface area contributed by atoms with Crippen molar-refractivity contribution in [2.45, 2.75) is 0 Å². The Hall–Kier alpha value is -3.56. The maximum atomic E-state index is 6.04. The summed E-state index contributed by atoms with van der Waals surface area (Å²) in [7, 11) is 0. The van der Waals surface area contributed by atoms with Crippen LogP contribution in [-0.4, -0.2) is 0 Å². The molecule has 0 aliphatic carbocycles. The SMILES string of the molecule is Brc1ccc2cc(N(c3ccccc3)c3ccc4oc5ccccc5c4c3)ccc2c1. The molecule has 0 fully saturated rings. The van der Waals surface area contributed by atoms with Crippen LogP contribution in [-0.2, 0) is 0 Å². The first-order chi connectivity index (χ1) is 15.3. The molecule has 0 bridgehead atoms. The molecule has 0 saturated heterocycles. The first-order valence-corrected chi connectivity index (χ1v) is 11.0. The minimum Gasteiger partial charge on any atom is -0.456 e. The quantitative estimate of drug-likeness (QED) is 0.260. The zero-order valence-corrected chi connectivity index (χ0v) is 18.2. The largest absolute Gasteiger partial charge is 0.456 e. The van der Waals surface area contributed by atoms with Crippen molar-refractivity contribution in [3.8, 4) is 0 Å². The molecule has 1 heterocycles. The van der Waals surface area contributed by atoms with Crippen LogP contribution in [0.1, 0.15) is 0 Å². The van der Waals surface area contributed by atoms with Crippen LogP contribution in [0, 0.1) is 0 Å². The van der Waals surface area contributed by atoms with Crippen molar-refractivity contribution in [1.82, 2.24) is 0 Å². The molecule has 5 aromatic carbocycles. The van der Waals surface area contributed by atoms with Gasteiger partial charge in [0.15, 0.2) is 0 Å². The summed E-state index contributed by atoms with van der Waals surface area (Å²) in [5, 5.41) is 4.67. The number of anilines is 3. The normalized spacial score (nSPS) is 11.4. The van der Waals surface area contributed by atoms with Crippen LogP contribution in [0.3, 0.4) is 0 Å². The molecule has 6 rings (SSSR count). The summed E-state index contributed by atoms with van der Waals surface area (Å²) >= 11 is 3.57. The summed E-state index contributed by atoms with van der Waals surface area (Å²) in [5.74, 6) is 0. The van der Waals surface area contributed by atoms with Gasteiger partial charge >= 0.3 is 0 Å². The second-order valence-electron chi connectivity index (χ2n) is 7.63. The molecule has 0 N–H and O–H groups in total. The lowest BCUT2D eigenvalue weighted by Gasteiger charge is -2.26. The lowest BCUT2D eigenvalue weighted by atomic mass is 10.1. The summed E-state index contributed by atoms with van der Waals surface area (Å²) in [4.78, 5) is 2.29. The number of benzene rings is 5. The van der Waals surface area contributed by atoms with Crippen molar-refractivity contribution in [2.75, 3.05) is 4.90 Å². The van der Waals surface area contributed by atoms with Crippen LogP contribution in [0.15, 0.2) is 118 Å². The van der Waals surface area contributed by atoms with E-state index in [1.165, 1.54) is 10.8 Å². The molecule has 0 atom stereocenters. The Morgan fingerprint density at radius 2 is 1.19 bits per heavy atom. The third-order valence-corrected chi connectivity index (χ3v) is 6.17. The van der Waals surface area contributed by atoms with Crippen LogP contribution in [0.2, 0.25) is 0 Å². The molecular formula is C28H18BrNO. The Morgan fingerprint density at radius 1 is 0.516 bits per heavy atom. The molecule has 148 valence electrons. The van der Waals surface area contributed by atoms with Gasteiger partial charge in [-0.3, -0.25) is 0 Å². The third-order valence-electron chi connectivity index (χ3n) is 5.68. The number of furan rings is 1. The van der Waals surface area contributed by atoms with E-state index in [0.29, 0.717) is 0 Å². The Balaban J connectivity index is 1.58. The van der Waals surface area contributed by atoms with Crippen LogP contribution in [0.25, 0.3) is 32.7 Å². The van der Waals surface area contributed by atoms with Gasteiger partial charge in [-0.25, -0.2) is 0 Å². The lowest BCUT2D eigenvalue weighted by Crippen LogP contribution is -2.09. The minimum absolute atomic E-state index is 0.904. The van der Waals surface area contributed by atoms with Crippen molar-refractivity contribution in [2.24, 2.45) is 0 Å². The van der Waals surface area contributed by atoms with E-state index in [0.717, 1.165) is 43.5 Å². The fraction of sp³-hybridized carbons (Fsp3) is 0. The van der Waals surface area contributed by atoms with E-state index in [2.05, 4.69) is 112 Å². The van der Waals surface area contributed by atoms with E-state index >= 15 is 0 Å². The van der Waals surface area contributed by atoms with Gasteiger partial charge in [0.05, 0.1) is 0 Å². The van der Waals surface area contributed by atoms with Gasteiger partial charge in [0.1, 0.15) is 11.2 Å². The van der Waals surface area contributed by atoms with Gasteiger partial charge in [-0.05, 0) is 71.4 Å². The maximum absolute atomic E-state index is 6.04. The number of fused-ring (bicyclic) bond motifs is 4. The van der Waals surface area contributed by atoms with Gasteiger partial charge in [0, 0.05) is 32.3 Å². The minimum atomic E-state index is 0.904. The van der Waals surface area contributed by atoms with Crippen LogP contribution >= 0.6 is 15.9 Å². The van der Waals surface area contributed by atoms with Crippen molar-refractivity contribution >= 4 is 65.7 Å².